The molecule has 0 saturated carbocycles. The zero-order valence-electron chi connectivity index (χ0n) is 11.7. The number of nitrogens with one attached hydrogen (secondary N) is 1. The van der Waals surface area contributed by atoms with Crippen LogP contribution in [-0.2, 0) is 0 Å². The third kappa shape index (κ3) is 2.78. The molecule has 0 unspecified atom stereocenters. The van der Waals surface area contributed by atoms with Gasteiger partial charge < -0.3 is 15.8 Å². The molecule has 0 amide bonds. The molecule has 0 bridgehead atoms. The van der Waals surface area contributed by atoms with Crippen molar-refractivity contribution in [2.45, 2.75) is 20.8 Å². The highest BCUT2D eigenvalue weighted by Crippen LogP contribution is 2.28. The van der Waals surface area contributed by atoms with E-state index in [1.807, 2.05) is 32.9 Å². The van der Waals surface area contributed by atoms with Gasteiger partial charge in [-0.25, -0.2) is 4.98 Å². The highest BCUT2D eigenvalue weighted by atomic mass is 16.5. The number of pyridine rings is 1. The van der Waals surface area contributed by atoms with Gasteiger partial charge in [-0.05, 0) is 55.7 Å². The van der Waals surface area contributed by atoms with Crippen LogP contribution in [0.25, 0.3) is 0 Å². The first-order valence-electron chi connectivity index (χ1n) is 6.15. The van der Waals surface area contributed by atoms with Gasteiger partial charge in [0, 0.05) is 5.69 Å². The summed E-state index contributed by atoms with van der Waals surface area (Å²) in [5.41, 5.74) is 10.7. The van der Waals surface area contributed by atoms with E-state index in [4.69, 9.17) is 10.5 Å². The van der Waals surface area contributed by atoms with Gasteiger partial charge in [-0.3, -0.25) is 0 Å². The average molecular weight is 257 g/mol. The number of aromatic nitrogens is 1. The number of nitrogen functional groups attached to an aromatic ring is 1. The highest BCUT2D eigenvalue weighted by molar-refractivity contribution is 5.65. The Morgan fingerprint density at radius 1 is 1.05 bits per heavy atom. The predicted molar refractivity (Wildman–Crippen MR) is 79.1 cm³/mol. The lowest BCUT2D eigenvalue weighted by molar-refractivity contribution is 0.411. The lowest BCUT2D eigenvalue weighted by atomic mass is 10.1. The van der Waals surface area contributed by atoms with Crippen molar-refractivity contribution >= 4 is 17.2 Å². The van der Waals surface area contributed by atoms with Crippen LogP contribution in [0.15, 0.2) is 24.4 Å². The smallest absolute Gasteiger partial charge is 0.130 e. The number of rotatable bonds is 3. The molecule has 3 N–H and O–H groups in total. The van der Waals surface area contributed by atoms with Crippen molar-refractivity contribution in [3.8, 4) is 5.75 Å². The van der Waals surface area contributed by atoms with E-state index in [2.05, 4.69) is 16.4 Å². The monoisotopic (exact) mass is 257 g/mol. The summed E-state index contributed by atoms with van der Waals surface area (Å²) in [5.74, 6) is 1.68. The molecule has 1 aromatic heterocycles. The Labute approximate surface area is 113 Å². The predicted octanol–water partition coefficient (Wildman–Crippen LogP) is 3.34. The molecule has 0 aliphatic heterocycles. The number of anilines is 3. The highest BCUT2D eigenvalue weighted by Gasteiger charge is 2.06. The molecular weight excluding hydrogens is 238 g/mol. The van der Waals surface area contributed by atoms with Crippen molar-refractivity contribution < 1.29 is 4.74 Å². The van der Waals surface area contributed by atoms with E-state index in [0.717, 1.165) is 33.9 Å². The van der Waals surface area contributed by atoms with Gasteiger partial charge in [-0.15, -0.1) is 0 Å². The zero-order valence-corrected chi connectivity index (χ0v) is 11.7. The van der Waals surface area contributed by atoms with Crippen molar-refractivity contribution in [3.63, 3.8) is 0 Å². The maximum absolute atomic E-state index is 5.77. The molecule has 0 atom stereocenters. The van der Waals surface area contributed by atoms with Crippen LogP contribution in [0.5, 0.6) is 5.75 Å². The van der Waals surface area contributed by atoms with Gasteiger partial charge in [-0.2, -0.15) is 0 Å². The summed E-state index contributed by atoms with van der Waals surface area (Å²) in [4.78, 5) is 4.28. The fourth-order valence-corrected chi connectivity index (χ4v) is 1.92. The average Bonchev–Trinajstić information content (AvgIpc) is 2.38. The first-order chi connectivity index (χ1) is 9.01. The molecule has 2 rings (SSSR count). The molecule has 0 radical (unpaired) electrons. The molecule has 0 fully saturated rings. The Hall–Kier alpha value is -2.23. The normalized spacial score (nSPS) is 10.3. The SMILES string of the molecule is COc1cc(C)c(Nc2cc(C)c(N)cn2)cc1C. The molecule has 4 heteroatoms. The van der Waals surface area contributed by atoms with E-state index in [1.54, 1.807) is 13.3 Å². The van der Waals surface area contributed by atoms with Crippen molar-refractivity contribution in [1.82, 2.24) is 4.98 Å². The second kappa shape index (κ2) is 5.18. The van der Waals surface area contributed by atoms with Gasteiger partial charge in [0.1, 0.15) is 11.6 Å². The molecule has 0 aliphatic carbocycles. The summed E-state index contributed by atoms with van der Waals surface area (Å²) in [6.45, 7) is 6.02. The molecule has 0 aliphatic rings. The van der Waals surface area contributed by atoms with Gasteiger partial charge in [0.2, 0.25) is 0 Å². The molecule has 19 heavy (non-hydrogen) atoms. The third-order valence-corrected chi connectivity index (χ3v) is 3.16. The number of aryl methyl sites for hydroxylation is 3. The topological polar surface area (TPSA) is 60.2 Å². The van der Waals surface area contributed by atoms with Gasteiger partial charge in [-0.1, -0.05) is 0 Å². The minimum Gasteiger partial charge on any atom is -0.496 e. The van der Waals surface area contributed by atoms with Crippen LogP contribution in [0, 0.1) is 20.8 Å². The number of hydrogen-bond acceptors (Lipinski definition) is 4. The van der Waals surface area contributed by atoms with E-state index in [9.17, 15) is 0 Å². The van der Waals surface area contributed by atoms with E-state index < -0.39 is 0 Å². The lowest BCUT2D eigenvalue weighted by Crippen LogP contribution is -2.00. The first kappa shape index (κ1) is 13.2. The summed E-state index contributed by atoms with van der Waals surface area (Å²) in [5, 5.41) is 3.31. The number of nitrogens with two attached hydrogens (primary N) is 1. The zero-order chi connectivity index (χ0) is 14.0. The molecule has 1 heterocycles. The van der Waals surface area contributed by atoms with Crippen molar-refractivity contribution in [3.05, 3.63) is 41.1 Å². The Kier molecular flexibility index (Phi) is 3.60. The number of benzene rings is 1. The standard InChI is InChI=1S/C15H19N3O/c1-9-7-15(17-8-12(9)16)18-13-5-11(3)14(19-4)6-10(13)2/h5-8H,16H2,1-4H3,(H,17,18). The second-order valence-electron chi connectivity index (χ2n) is 4.69. The van der Waals surface area contributed by atoms with E-state index in [-0.39, 0.29) is 0 Å². The molecule has 1 aromatic carbocycles. The number of nitrogens with zero attached hydrogens (tertiary/aromatic N) is 1. The van der Waals surface area contributed by atoms with Gasteiger partial charge >= 0.3 is 0 Å². The third-order valence-electron chi connectivity index (χ3n) is 3.16. The number of hydrogen-bond donors (Lipinski definition) is 2. The Bertz CT molecular complexity index is 609. The van der Waals surface area contributed by atoms with Gasteiger partial charge in [0.15, 0.2) is 0 Å². The fraction of sp³-hybridized carbons (Fsp3) is 0.267. The molecule has 2 aromatic rings. The van der Waals surface area contributed by atoms with Crippen LogP contribution < -0.4 is 15.8 Å². The minimum absolute atomic E-state index is 0.702. The summed E-state index contributed by atoms with van der Waals surface area (Å²) < 4.78 is 5.31. The maximum Gasteiger partial charge on any atom is 0.130 e. The first-order valence-corrected chi connectivity index (χ1v) is 6.15. The summed E-state index contributed by atoms with van der Waals surface area (Å²) in [6, 6.07) is 6.01. The van der Waals surface area contributed by atoms with Crippen LogP contribution in [0.1, 0.15) is 16.7 Å². The van der Waals surface area contributed by atoms with Crippen LogP contribution in [-0.4, -0.2) is 12.1 Å². The van der Waals surface area contributed by atoms with Gasteiger partial charge in [0.05, 0.1) is 19.0 Å². The minimum atomic E-state index is 0.702. The summed E-state index contributed by atoms with van der Waals surface area (Å²) >= 11 is 0. The van der Waals surface area contributed by atoms with Gasteiger partial charge in [0.25, 0.3) is 0 Å². The largest absolute Gasteiger partial charge is 0.496 e. The molecular formula is C15H19N3O. The summed E-state index contributed by atoms with van der Waals surface area (Å²) in [6.07, 6.45) is 1.67. The van der Waals surface area contributed by atoms with Crippen LogP contribution in [0.2, 0.25) is 0 Å². The van der Waals surface area contributed by atoms with Crippen LogP contribution in [0.3, 0.4) is 0 Å². The van der Waals surface area contributed by atoms with E-state index in [0.29, 0.717) is 5.69 Å². The molecule has 100 valence electrons. The quantitative estimate of drug-likeness (QED) is 0.885. The molecule has 4 nitrogen and oxygen atoms in total. The Balaban J connectivity index is 2.32. The van der Waals surface area contributed by atoms with Crippen LogP contribution in [0.4, 0.5) is 17.2 Å². The van der Waals surface area contributed by atoms with E-state index >= 15 is 0 Å². The lowest BCUT2D eigenvalue weighted by Gasteiger charge is -2.13. The van der Waals surface area contributed by atoms with Crippen molar-refractivity contribution in [2.24, 2.45) is 0 Å². The Morgan fingerprint density at radius 3 is 2.42 bits per heavy atom. The maximum atomic E-state index is 5.77. The molecule has 0 spiro atoms. The Morgan fingerprint density at radius 2 is 1.79 bits per heavy atom. The number of ether oxygens (including phenoxy) is 1. The van der Waals surface area contributed by atoms with Crippen LogP contribution >= 0.6 is 0 Å². The summed E-state index contributed by atoms with van der Waals surface area (Å²) in [7, 11) is 1.68. The molecule has 0 saturated heterocycles. The van der Waals surface area contributed by atoms with Crippen molar-refractivity contribution in [2.75, 3.05) is 18.2 Å². The fourth-order valence-electron chi connectivity index (χ4n) is 1.92. The van der Waals surface area contributed by atoms with Crippen molar-refractivity contribution in [1.29, 1.82) is 0 Å². The second-order valence-corrected chi connectivity index (χ2v) is 4.69. The van der Waals surface area contributed by atoms with E-state index in [1.165, 1.54) is 0 Å². The number of methoxy groups -OCH3 is 1.